The van der Waals surface area contributed by atoms with Crippen LogP contribution in [0, 0.1) is 0 Å². The van der Waals surface area contributed by atoms with Crippen molar-refractivity contribution in [2.75, 3.05) is 13.7 Å². The Labute approximate surface area is 126 Å². The van der Waals surface area contributed by atoms with E-state index in [4.69, 9.17) is 10.5 Å². The van der Waals surface area contributed by atoms with Crippen LogP contribution in [-0.2, 0) is 9.53 Å². The predicted octanol–water partition coefficient (Wildman–Crippen LogP) is 2.78. The first-order valence-corrected chi connectivity index (χ1v) is 6.20. The van der Waals surface area contributed by atoms with E-state index in [2.05, 4.69) is 20.7 Å². The molecule has 2 atom stereocenters. The summed E-state index contributed by atoms with van der Waals surface area (Å²) in [6, 6.07) is 3.88. The molecule has 0 aliphatic carbocycles. The normalized spacial score (nSPS) is 13.1. The number of halogens is 3. The molecule has 1 rings (SSSR count). The summed E-state index contributed by atoms with van der Waals surface area (Å²) in [6.45, 7) is 1.72. The van der Waals surface area contributed by atoms with Crippen LogP contribution in [0.5, 0.6) is 5.75 Å². The van der Waals surface area contributed by atoms with Crippen LogP contribution in [-0.4, -0.2) is 25.9 Å². The molecule has 4 nitrogen and oxygen atoms in total. The average Bonchev–Trinajstić information content (AvgIpc) is 2.37. The fourth-order valence-corrected chi connectivity index (χ4v) is 1.87. The van der Waals surface area contributed by atoms with Crippen LogP contribution in [0.15, 0.2) is 22.7 Å². The summed E-state index contributed by atoms with van der Waals surface area (Å²) < 4.78 is 24.3. The predicted molar refractivity (Wildman–Crippen MR) is 76.4 cm³/mol. The number of alkyl halides is 1. The largest absolute Gasteiger partial charge is 0.496 e. The SMILES string of the molecule is CCOC(=O)C(F)[C@@H](N)c1cc(Br)ccc1OC.Cl. The van der Waals surface area contributed by atoms with Crippen LogP contribution < -0.4 is 10.5 Å². The van der Waals surface area contributed by atoms with Crippen LogP contribution in [0.1, 0.15) is 18.5 Å². The molecule has 0 bridgehead atoms. The molecule has 108 valence electrons. The van der Waals surface area contributed by atoms with E-state index in [1.165, 1.54) is 7.11 Å². The molecule has 7 heteroatoms. The van der Waals surface area contributed by atoms with Gasteiger partial charge < -0.3 is 15.2 Å². The minimum absolute atomic E-state index is 0. The fraction of sp³-hybridized carbons (Fsp3) is 0.417. The number of benzene rings is 1. The Hall–Kier alpha value is -0.850. The van der Waals surface area contributed by atoms with Gasteiger partial charge in [0.25, 0.3) is 0 Å². The van der Waals surface area contributed by atoms with Gasteiger partial charge in [-0.25, -0.2) is 9.18 Å². The van der Waals surface area contributed by atoms with Gasteiger partial charge in [0.2, 0.25) is 6.17 Å². The van der Waals surface area contributed by atoms with Crippen LogP contribution in [0.4, 0.5) is 4.39 Å². The van der Waals surface area contributed by atoms with Crippen molar-refractivity contribution in [1.82, 2.24) is 0 Å². The van der Waals surface area contributed by atoms with Crippen LogP contribution in [0.25, 0.3) is 0 Å². The molecule has 2 N–H and O–H groups in total. The van der Waals surface area contributed by atoms with Gasteiger partial charge in [0.15, 0.2) is 0 Å². The second-order valence-electron chi connectivity index (χ2n) is 3.57. The molecule has 1 unspecified atom stereocenters. The van der Waals surface area contributed by atoms with Crippen molar-refractivity contribution >= 4 is 34.3 Å². The zero-order valence-electron chi connectivity index (χ0n) is 10.6. The van der Waals surface area contributed by atoms with Gasteiger partial charge in [-0.3, -0.25) is 0 Å². The Morgan fingerprint density at radius 3 is 2.68 bits per heavy atom. The number of nitrogens with two attached hydrogens (primary N) is 1. The van der Waals surface area contributed by atoms with Crippen LogP contribution in [0.3, 0.4) is 0 Å². The molecule has 0 saturated heterocycles. The van der Waals surface area contributed by atoms with Gasteiger partial charge in [-0.05, 0) is 25.1 Å². The number of ether oxygens (including phenoxy) is 2. The van der Waals surface area contributed by atoms with E-state index in [0.29, 0.717) is 11.3 Å². The summed E-state index contributed by atoms with van der Waals surface area (Å²) in [7, 11) is 1.46. The van der Waals surface area contributed by atoms with Crippen molar-refractivity contribution in [1.29, 1.82) is 0 Å². The molecule has 1 aromatic carbocycles. The molecule has 0 saturated carbocycles. The summed E-state index contributed by atoms with van der Waals surface area (Å²) >= 11 is 3.26. The molecule has 19 heavy (non-hydrogen) atoms. The number of carbonyl (C=O) groups is 1. The van der Waals surface area contributed by atoms with Crippen molar-refractivity contribution in [3.8, 4) is 5.75 Å². The Morgan fingerprint density at radius 1 is 1.53 bits per heavy atom. The lowest BCUT2D eigenvalue weighted by molar-refractivity contribution is -0.149. The maximum absolute atomic E-state index is 13.8. The second kappa shape index (κ2) is 8.35. The summed E-state index contributed by atoms with van der Waals surface area (Å²) in [5.74, 6) is -0.537. The van der Waals surface area contributed by atoms with E-state index >= 15 is 0 Å². The number of methoxy groups -OCH3 is 1. The van der Waals surface area contributed by atoms with Gasteiger partial charge in [0, 0.05) is 10.0 Å². The molecule has 0 aliphatic rings. The van der Waals surface area contributed by atoms with E-state index in [1.54, 1.807) is 25.1 Å². The first-order chi connectivity index (χ1) is 8.51. The van der Waals surface area contributed by atoms with Gasteiger partial charge >= 0.3 is 5.97 Å². The summed E-state index contributed by atoms with van der Waals surface area (Å²) in [4.78, 5) is 11.3. The topological polar surface area (TPSA) is 61.5 Å². The van der Waals surface area contributed by atoms with Gasteiger partial charge in [-0.1, -0.05) is 15.9 Å². The van der Waals surface area contributed by atoms with Crippen LogP contribution in [0.2, 0.25) is 0 Å². The zero-order chi connectivity index (χ0) is 13.7. The third kappa shape index (κ3) is 4.63. The molecular weight excluding hydrogens is 340 g/mol. The van der Waals surface area contributed by atoms with Crippen molar-refractivity contribution in [3.63, 3.8) is 0 Å². The highest BCUT2D eigenvalue weighted by molar-refractivity contribution is 9.10. The van der Waals surface area contributed by atoms with E-state index in [1.807, 2.05) is 0 Å². The number of hydrogen-bond acceptors (Lipinski definition) is 4. The van der Waals surface area contributed by atoms with Gasteiger partial charge in [-0.2, -0.15) is 0 Å². The average molecular weight is 357 g/mol. The van der Waals surface area contributed by atoms with Crippen molar-refractivity contribution in [2.24, 2.45) is 5.73 Å². The van der Waals surface area contributed by atoms with E-state index in [-0.39, 0.29) is 19.0 Å². The molecular formula is C12H16BrClFNO3. The van der Waals surface area contributed by atoms with Gasteiger partial charge in [0.1, 0.15) is 5.75 Å². The quantitative estimate of drug-likeness (QED) is 0.824. The van der Waals surface area contributed by atoms with E-state index < -0.39 is 18.2 Å². The number of rotatable bonds is 5. The third-order valence-corrected chi connectivity index (χ3v) is 2.87. The smallest absolute Gasteiger partial charge is 0.342 e. The lowest BCUT2D eigenvalue weighted by atomic mass is 10.0. The first kappa shape index (κ1) is 18.1. The summed E-state index contributed by atoms with van der Waals surface area (Å²) in [5.41, 5.74) is 6.15. The van der Waals surface area contributed by atoms with Crippen molar-refractivity contribution < 1.29 is 18.7 Å². The molecule has 0 spiro atoms. The maximum atomic E-state index is 13.8. The molecule has 0 amide bonds. The van der Waals surface area contributed by atoms with Gasteiger partial charge in [0.05, 0.1) is 19.8 Å². The monoisotopic (exact) mass is 355 g/mol. The van der Waals surface area contributed by atoms with Crippen molar-refractivity contribution in [3.05, 3.63) is 28.2 Å². The van der Waals surface area contributed by atoms with Gasteiger partial charge in [-0.15, -0.1) is 12.4 Å². The molecule has 1 aromatic rings. The first-order valence-electron chi connectivity index (χ1n) is 5.41. The maximum Gasteiger partial charge on any atom is 0.342 e. The van der Waals surface area contributed by atoms with E-state index in [0.717, 1.165) is 4.47 Å². The lowest BCUT2D eigenvalue weighted by Crippen LogP contribution is -2.31. The highest BCUT2D eigenvalue weighted by atomic mass is 79.9. The second-order valence-corrected chi connectivity index (χ2v) is 4.48. The van der Waals surface area contributed by atoms with Crippen LogP contribution >= 0.6 is 28.3 Å². The Balaban J connectivity index is 0.00000324. The molecule has 0 heterocycles. The standard InChI is InChI=1S/C12H15BrFNO3.ClH/c1-3-18-12(16)10(14)11(15)8-6-7(13)4-5-9(8)17-2;/h4-6,10-11H,3,15H2,1-2H3;1H/t10?,11-;/m0./s1. The highest BCUT2D eigenvalue weighted by Gasteiger charge is 2.29. The Morgan fingerprint density at radius 2 is 2.16 bits per heavy atom. The Kier molecular flexibility index (Phi) is 7.97. The Bertz CT molecular complexity index is 433. The minimum Gasteiger partial charge on any atom is -0.496 e. The molecule has 0 radical (unpaired) electrons. The molecule has 0 aromatic heterocycles. The number of esters is 1. The molecule has 0 fully saturated rings. The molecule has 0 aliphatic heterocycles. The zero-order valence-corrected chi connectivity index (χ0v) is 13.0. The van der Waals surface area contributed by atoms with E-state index in [9.17, 15) is 9.18 Å². The minimum atomic E-state index is -1.92. The van der Waals surface area contributed by atoms with Crippen molar-refractivity contribution in [2.45, 2.75) is 19.1 Å². The fourth-order valence-electron chi connectivity index (χ4n) is 1.49. The number of carbonyl (C=O) groups excluding carboxylic acids is 1. The summed E-state index contributed by atoms with van der Waals surface area (Å²) in [6.07, 6.45) is -1.92. The highest BCUT2D eigenvalue weighted by Crippen LogP contribution is 2.30. The lowest BCUT2D eigenvalue weighted by Gasteiger charge is -2.18. The summed E-state index contributed by atoms with van der Waals surface area (Å²) in [5, 5.41) is 0. The third-order valence-electron chi connectivity index (χ3n) is 2.38. The number of hydrogen-bond donors (Lipinski definition) is 1.